The number of nitrogens with two attached hydrogens (primary N) is 1. The van der Waals surface area contributed by atoms with Crippen molar-refractivity contribution in [2.75, 3.05) is 0 Å². The number of azo groups is 1. The molecule has 5 heteroatoms. The molecule has 0 aliphatic carbocycles. The highest BCUT2D eigenvalue weighted by molar-refractivity contribution is 5.41. The Morgan fingerprint density at radius 3 is 2.74 bits per heavy atom. The summed E-state index contributed by atoms with van der Waals surface area (Å²) in [6, 6.07) is 12.5. The highest BCUT2D eigenvalue weighted by Crippen LogP contribution is 2.41. The largest absolute Gasteiger partial charge is 0.447 e. The highest BCUT2D eigenvalue weighted by atomic mass is 16.5. The minimum absolute atomic E-state index is 0.0597. The molecule has 118 valence electrons. The molecule has 2 atom stereocenters. The van der Waals surface area contributed by atoms with Gasteiger partial charge in [0.15, 0.2) is 0 Å². The van der Waals surface area contributed by atoms with E-state index in [1.54, 1.807) is 0 Å². The van der Waals surface area contributed by atoms with E-state index in [4.69, 9.17) is 10.5 Å². The van der Waals surface area contributed by atoms with Crippen molar-refractivity contribution in [2.45, 2.75) is 38.8 Å². The van der Waals surface area contributed by atoms with E-state index >= 15 is 0 Å². The molecule has 0 amide bonds. The number of hydrogen-bond acceptors (Lipinski definition) is 5. The lowest BCUT2D eigenvalue weighted by atomic mass is 9.82. The van der Waals surface area contributed by atoms with Crippen LogP contribution in [0.2, 0.25) is 0 Å². The molecule has 0 radical (unpaired) electrons. The fraction of sp³-hybridized carbons (Fsp3) is 0.389. The van der Waals surface area contributed by atoms with Crippen LogP contribution in [0.25, 0.3) is 0 Å². The minimum atomic E-state index is -0.450. The standard InChI is InChI=1S/C18H20N4O/c1-2-6-15-16-13(10-9-12-7-4-3-5-8-12)14(11-19)17(20)23-18(16)22-21-15/h3-5,7-8,13,18H,2,6,9-10,20H2,1H3. The molecule has 3 rings (SSSR count). The molecule has 2 unspecified atom stereocenters. The number of allylic oxidation sites excluding steroid dienone is 2. The molecule has 0 bridgehead atoms. The maximum absolute atomic E-state index is 9.51. The van der Waals surface area contributed by atoms with E-state index in [9.17, 15) is 5.26 Å². The Kier molecular flexibility index (Phi) is 4.42. The molecule has 2 heterocycles. The molecular formula is C18H20N4O. The summed E-state index contributed by atoms with van der Waals surface area (Å²) in [5, 5.41) is 18.0. The summed E-state index contributed by atoms with van der Waals surface area (Å²) >= 11 is 0. The monoisotopic (exact) mass is 308 g/mol. The summed E-state index contributed by atoms with van der Waals surface area (Å²) in [4.78, 5) is 0. The zero-order valence-corrected chi connectivity index (χ0v) is 13.2. The van der Waals surface area contributed by atoms with Gasteiger partial charge in [-0.1, -0.05) is 43.7 Å². The summed E-state index contributed by atoms with van der Waals surface area (Å²) < 4.78 is 5.59. The van der Waals surface area contributed by atoms with Gasteiger partial charge in [0.2, 0.25) is 12.1 Å². The normalized spacial score (nSPS) is 22.8. The lowest BCUT2D eigenvalue weighted by Crippen LogP contribution is -2.30. The van der Waals surface area contributed by atoms with Crippen LogP contribution >= 0.6 is 0 Å². The second kappa shape index (κ2) is 6.66. The van der Waals surface area contributed by atoms with Crippen molar-refractivity contribution in [3.63, 3.8) is 0 Å². The smallest absolute Gasteiger partial charge is 0.235 e. The van der Waals surface area contributed by atoms with Crippen LogP contribution in [0.15, 0.2) is 63.3 Å². The maximum atomic E-state index is 9.51. The molecular weight excluding hydrogens is 288 g/mol. The SMILES string of the molecule is CCCC1=C2C(N=N1)OC(N)=C(C#N)C2CCc1ccccc1. The first kappa shape index (κ1) is 15.3. The third-order valence-electron chi connectivity index (χ3n) is 4.28. The molecule has 0 saturated carbocycles. The zero-order valence-electron chi connectivity index (χ0n) is 13.2. The van der Waals surface area contributed by atoms with Crippen LogP contribution in [0.3, 0.4) is 0 Å². The van der Waals surface area contributed by atoms with Gasteiger partial charge in [-0.25, -0.2) is 0 Å². The van der Waals surface area contributed by atoms with Gasteiger partial charge in [-0.15, -0.1) is 5.11 Å². The van der Waals surface area contributed by atoms with E-state index in [2.05, 4.69) is 35.4 Å². The fourth-order valence-electron chi connectivity index (χ4n) is 3.18. The van der Waals surface area contributed by atoms with Gasteiger partial charge in [0, 0.05) is 11.5 Å². The molecule has 5 nitrogen and oxygen atoms in total. The van der Waals surface area contributed by atoms with Crippen LogP contribution < -0.4 is 5.73 Å². The van der Waals surface area contributed by atoms with Crippen LogP contribution in [0, 0.1) is 17.2 Å². The van der Waals surface area contributed by atoms with Crippen molar-refractivity contribution in [1.29, 1.82) is 5.26 Å². The molecule has 2 aliphatic rings. The summed E-state index contributed by atoms with van der Waals surface area (Å²) in [6.45, 7) is 2.11. The van der Waals surface area contributed by atoms with Gasteiger partial charge >= 0.3 is 0 Å². The number of benzene rings is 1. The Labute approximate surface area is 136 Å². The minimum Gasteiger partial charge on any atom is -0.447 e. The van der Waals surface area contributed by atoms with E-state index in [1.807, 2.05) is 18.2 Å². The third-order valence-corrected chi connectivity index (χ3v) is 4.28. The van der Waals surface area contributed by atoms with Crippen molar-refractivity contribution in [1.82, 2.24) is 0 Å². The van der Waals surface area contributed by atoms with E-state index < -0.39 is 6.23 Å². The first-order valence-electron chi connectivity index (χ1n) is 7.98. The molecule has 0 aromatic heterocycles. The van der Waals surface area contributed by atoms with Gasteiger partial charge in [-0.05, 0) is 24.8 Å². The van der Waals surface area contributed by atoms with Crippen molar-refractivity contribution in [3.05, 3.63) is 58.6 Å². The average molecular weight is 308 g/mol. The Morgan fingerprint density at radius 2 is 2.04 bits per heavy atom. The zero-order chi connectivity index (χ0) is 16.2. The Hall–Kier alpha value is -2.61. The first-order chi connectivity index (χ1) is 11.2. The second-order valence-electron chi connectivity index (χ2n) is 5.80. The molecule has 0 fully saturated rings. The Morgan fingerprint density at radius 1 is 1.26 bits per heavy atom. The van der Waals surface area contributed by atoms with E-state index in [-0.39, 0.29) is 11.8 Å². The topological polar surface area (TPSA) is 83.8 Å². The number of aryl methyl sites for hydroxylation is 1. The number of nitriles is 1. The quantitative estimate of drug-likeness (QED) is 0.897. The van der Waals surface area contributed by atoms with Crippen molar-refractivity contribution < 1.29 is 4.74 Å². The van der Waals surface area contributed by atoms with Gasteiger partial charge in [-0.3, -0.25) is 0 Å². The van der Waals surface area contributed by atoms with Gasteiger partial charge in [-0.2, -0.15) is 10.4 Å². The molecule has 0 saturated heterocycles. The Bertz CT molecular complexity index is 712. The Balaban J connectivity index is 1.90. The molecule has 2 aliphatic heterocycles. The van der Waals surface area contributed by atoms with Gasteiger partial charge in [0.05, 0.1) is 11.3 Å². The number of ether oxygens (including phenoxy) is 1. The van der Waals surface area contributed by atoms with E-state index in [1.165, 1.54) is 5.56 Å². The molecule has 1 aromatic carbocycles. The van der Waals surface area contributed by atoms with Gasteiger partial charge in [0.1, 0.15) is 6.07 Å². The molecule has 2 N–H and O–H groups in total. The van der Waals surface area contributed by atoms with Crippen molar-refractivity contribution in [3.8, 4) is 6.07 Å². The highest BCUT2D eigenvalue weighted by Gasteiger charge is 2.39. The van der Waals surface area contributed by atoms with Crippen LogP contribution in [0.5, 0.6) is 0 Å². The van der Waals surface area contributed by atoms with Crippen LogP contribution in [0.4, 0.5) is 0 Å². The summed E-state index contributed by atoms with van der Waals surface area (Å²) in [7, 11) is 0. The van der Waals surface area contributed by atoms with Crippen molar-refractivity contribution >= 4 is 0 Å². The summed E-state index contributed by atoms with van der Waals surface area (Å²) in [5.41, 5.74) is 9.66. The third kappa shape index (κ3) is 2.98. The van der Waals surface area contributed by atoms with E-state index in [0.29, 0.717) is 5.57 Å². The number of rotatable bonds is 5. The molecule has 0 spiro atoms. The number of fused-ring (bicyclic) bond motifs is 1. The van der Waals surface area contributed by atoms with Crippen LogP contribution in [0.1, 0.15) is 31.7 Å². The van der Waals surface area contributed by atoms with Crippen LogP contribution in [-0.2, 0) is 11.2 Å². The van der Waals surface area contributed by atoms with Crippen LogP contribution in [-0.4, -0.2) is 6.23 Å². The van der Waals surface area contributed by atoms with E-state index in [0.717, 1.165) is 37.0 Å². The number of nitrogens with zero attached hydrogens (tertiary/aromatic N) is 3. The fourth-order valence-corrected chi connectivity index (χ4v) is 3.18. The van der Waals surface area contributed by atoms with Crippen molar-refractivity contribution in [2.24, 2.45) is 21.9 Å². The average Bonchev–Trinajstić information content (AvgIpc) is 2.96. The first-order valence-corrected chi connectivity index (χ1v) is 7.98. The van der Waals surface area contributed by atoms with Gasteiger partial charge < -0.3 is 10.5 Å². The second-order valence-corrected chi connectivity index (χ2v) is 5.80. The lowest BCUT2D eigenvalue weighted by molar-refractivity contribution is 0.123. The molecule has 1 aromatic rings. The van der Waals surface area contributed by atoms with Gasteiger partial charge in [0.25, 0.3) is 0 Å². The predicted octanol–water partition coefficient (Wildman–Crippen LogP) is 3.81. The maximum Gasteiger partial charge on any atom is 0.235 e. The number of hydrogen-bond donors (Lipinski definition) is 1. The summed E-state index contributed by atoms with van der Waals surface area (Å²) in [5.74, 6) is 0.131. The predicted molar refractivity (Wildman–Crippen MR) is 86.7 cm³/mol. The molecule has 23 heavy (non-hydrogen) atoms. The summed E-state index contributed by atoms with van der Waals surface area (Å²) in [6.07, 6.45) is 3.06. The lowest BCUT2D eigenvalue weighted by Gasteiger charge is -2.29.